The van der Waals surface area contributed by atoms with Crippen molar-refractivity contribution >= 4 is 15.7 Å². The van der Waals surface area contributed by atoms with Gasteiger partial charge in [-0.1, -0.05) is 0 Å². The molecular formula is C5H15OSi2+. The first kappa shape index (κ1) is 6.51. The Morgan fingerprint density at radius 3 is 1.00 bits per heavy atom. The quantitative estimate of drug-likeness (QED) is 0.278. The molecule has 1 nitrogen and oxygen atoms in total. The topological polar surface area (TPSA) is 2.70 Å². The van der Waals surface area contributed by atoms with E-state index in [0.29, 0.717) is 0 Å². The summed E-state index contributed by atoms with van der Waals surface area (Å²) in [5.41, 5.74) is 0. The average Bonchev–Trinajstić information content (AvgIpc) is 1.88. The molecule has 1 fully saturated rings. The Labute approximate surface area is 53.4 Å². The molecule has 0 N–H and O–H groups in total. The standard InChI is InChI=1S/C5H15OSi2/c1-6-7(2,3)8(6,4)5/h1-5H3/q+1. The van der Waals surface area contributed by atoms with Gasteiger partial charge in [-0.25, -0.2) is 0 Å². The third-order valence-corrected chi connectivity index (χ3v) is 21.6. The summed E-state index contributed by atoms with van der Waals surface area (Å²) in [5.74, 6) is 0. The molecule has 0 amide bonds. The minimum atomic E-state index is -0.803. The SMILES string of the molecule is C[O+]1[Si](C)(C)[Si]1(C)C. The molecule has 0 unspecified atom stereocenters. The number of hydrogen-bond donors (Lipinski definition) is 0. The molecular weight excluding hydrogens is 132 g/mol. The monoisotopic (exact) mass is 147 g/mol. The van der Waals surface area contributed by atoms with Crippen molar-refractivity contribution in [3.63, 3.8) is 0 Å². The van der Waals surface area contributed by atoms with Gasteiger partial charge in [0.25, 0.3) is 0 Å². The lowest BCUT2D eigenvalue weighted by Crippen LogP contribution is -2.21. The normalized spacial score (nSPS) is 32.6. The summed E-state index contributed by atoms with van der Waals surface area (Å²) in [4.78, 5) is 0. The van der Waals surface area contributed by atoms with Gasteiger partial charge in [-0.15, -0.1) is 0 Å². The zero-order chi connectivity index (χ0) is 6.58. The van der Waals surface area contributed by atoms with Crippen LogP contribution in [0, 0.1) is 0 Å². The molecule has 8 heavy (non-hydrogen) atoms. The van der Waals surface area contributed by atoms with Crippen LogP contribution in [0.15, 0.2) is 0 Å². The average molecular weight is 147 g/mol. The lowest BCUT2D eigenvalue weighted by molar-refractivity contribution is 0.318. The fourth-order valence-electron chi connectivity index (χ4n) is 1.06. The van der Waals surface area contributed by atoms with Gasteiger partial charge in [-0.3, -0.25) is 0 Å². The smallest absolute Gasteiger partial charge is 0.426 e. The molecule has 48 valence electrons. The molecule has 0 aromatic heterocycles. The van der Waals surface area contributed by atoms with Gasteiger partial charge in [0, 0.05) is 26.2 Å². The molecule has 0 spiro atoms. The highest BCUT2D eigenvalue weighted by molar-refractivity contribution is 7.49. The van der Waals surface area contributed by atoms with Crippen molar-refractivity contribution in [2.24, 2.45) is 0 Å². The largest absolute Gasteiger partial charge is 0.617 e. The Hall–Kier alpha value is 0.394. The van der Waals surface area contributed by atoms with E-state index in [9.17, 15) is 0 Å². The third kappa shape index (κ3) is 0.495. The van der Waals surface area contributed by atoms with Crippen molar-refractivity contribution in [2.45, 2.75) is 26.2 Å². The first-order valence-corrected chi connectivity index (χ1v) is 9.88. The molecule has 0 bridgehead atoms. The van der Waals surface area contributed by atoms with Gasteiger partial charge < -0.3 is 3.75 Å². The van der Waals surface area contributed by atoms with E-state index in [1.807, 2.05) is 0 Å². The van der Waals surface area contributed by atoms with E-state index in [4.69, 9.17) is 0 Å². The van der Waals surface area contributed by atoms with E-state index < -0.39 is 15.7 Å². The summed E-state index contributed by atoms with van der Waals surface area (Å²) < 4.78 is 3.38. The summed E-state index contributed by atoms with van der Waals surface area (Å²) in [6.45, 7) is 9.74. The second kappa shape index (κ2) is 1.28. The predicted octanol–water partition coefficient (Wildman–Crippen LogP) is 1.67. The minimum absolute atomic E-state index is 0.803. The Balaban J connectivity index is 2.72. The molecule has 0 radical (unpaired) electrons. The summed E-state index contributed by atoms with van der Waals surface area (Å²) in [6.07, 6.45) is 0. The molecule has 1 rings (SSSR count). The van der Waals surface area contributed by atoms with Gasteiger partial charge >= 0.3 is 15.7 Å². The Kier molecular flexibility index (Phi) is 1.04. The third-order valence-electron chi connectivity index (χ3n) is 2.94. The summed E-state index contributed by atoms with van der Waals surface area (Å²) >= 11 is 0. The Morgan fingerprint density at radius 1 is 0.875 bits per heavy atom. The fraction of sp³-hybridized carbons (Fsp3) is 1.00. The maximum Gasteiger partial charge on any atom is 0.426 e. The first-order valence-electron chi connectivity index (χ1n) is 3.07. The minimum Gasteiger partial charge on any atom is -0.617 e. The molecule has 0 saturated carbocycles. The first-order chi connectivity index (χ1) is 3.40. The highest BCUT2D eigenvalue weighted by Crippen LogP contribution is 2.45. The van der Waals surface area contributed by atoms with Crippen molar-refractivity contribution < 1.29 is 3.75 Å². The van der Waals surface area contributed by atoms with E-state index in [0.717, 1.165) is 0 Å². The summed E-state index contributed by atoms with van der Waals surface area (Å²) in [5, 5.41) is 0. The van der Waals surface area contributed by atoms with Crippen LogP contribution in [0.3, 0.4) is 0 Å². The van der Waals surface area contributed by atoms with E-state index in [1.54, 1.807) is 0 Å². The molecule has 0 aromatic rings. The predicted molar refractivity (Wildman–Crippen MR) is 42.0 cm³/mol. The number of rotatable bonds is 0. The van der Waals surface area contributed by atoms with Crippen LogP contribution >= 0.6 is 0 Å². The molecule has 1 saturated heterocycles. The molecule has 0 aliphatic carbocycles. The van der Waals surface area contributed by atoms with Crippen LogP contribution in [0.2, 0.25) is 26.2 Å². The second-order valence-corrected chi connectivity index (χ2v) is 18.4. The van der Waals surface area contributed by atoms with Crippen LogP contribution in [-0.4, -0.2) is 22.8 Å². The fourth-order valence-corrected chi connectivity index (χ4v) is 13.2. The molecule has 1 heterocycles. The zero-order valence-corrected chi connectivity index (χ0v) is 8.41. The second-order valence-electron chi connectivity index (χ2n) is 3.53. The van der Waals surface area contributed by atoms with Crippen molar-refractivity contribution in [3.8, 4) is 0 Å². The molecule has 3 heteroatoms. The highest BCUT2D eigenvalue weighted by atomic mass is 29.4. The van der Waals surface area contributed by atoms with Crippen molar-refractivity contribution in [3.05, 3.63) is 0 Å². The summed E-state index contributed by atoms with van der Waals surface area (Å²) in [7, 11) is 0.600. The van der Waals surface area contributed by atoms with Gasteiger partial charge in [-0.05, 0) is 0 Å². The molecule has 1 aliphatic rings. The van der Waals surface area contributed by atoms with E-state index in [1.165, 1.54) is 0 Å². The van der Waals surface area contributed by atoms with Gasteiger partial charge in [0.05, 0.1) is 7.11 Å². The Bertz CT molecular complexity index is 106. The Morgan fingerprint density at radius 2 is 1.00 bits per heavy atom. The summed E-state index contributed by atoms with van der Waals surface area (Å²) in [6, 6.07) is 0. The maximum absolute atomic E-state index is 3.38. The molecule has 1 aliphatic heterocycles. The van der Waals surface area contributed by atoms with Crippen LogP contribution in [0.1, 0.15) is 0 Å². The zero-order valence-electron chi connectivity index (χ0n) is 6.41. The van der Waals surface area contributed by atoms with Crippen molar-refractivity contribution in [2.75, 3.05) is 7.11 Å². The van der Waals surface area contributed by atoms with Crippen molar-refractivity contribution in [1.82, 2.24) is 0 Å². The lowest BCUT2D eigenvalue weighted by Gasteiger charge is -1.95. The lowest BCUT2D eigenvalue weighted by atomic mass is 11.8. The van der Waals surface area contributed by atoms with E-state index in [2.05, 4.69) is 37.0 Å². The highest BCUT2D eigenvalue weighted by Gasteiger charge is 2.80. The maximum atomic E-state index is 3.38. The van der Waals surface area contributed by atoms with Crippen LogP contribution in [0.4, 0.5) is 0 Å². The molecule has 0 atom stereocenters. The van der Waals surface area contributed by atoms with E-state index >= 15 is 0 Å². The van der Waals surface area contributed by atoms with Gasteiger partial charge in [0.1, 0.15) is 0 Å². The van der Waals surface area contributed by atoms with Gasteiger partial charge in [-0.2, -0.15) is 0 Å². The van der Waals surface area contributed by atoms with E-state index in [-0.39, 0.29) is 0 Å². The van der Waals surface area contributed by atoms with Crippen molar-refractivity contribution in [1.29, 1.82) is 0 Å². The van der Waals surface area contributed by atoms with Gasteiger partial charge in [0.2, 0.25) is 0 Å². The van der Waals surface area contributed by atoms with Crippen LogP contribution in [-0.2, 0) is 3.75 Å². The molecule has 0 aromatic carbocycles. The van der Waals surface area contributed by atoms with Crippen LogP contribution in [0.25, 0.3) is 0 Å². The van der Waals surface area contributed by atoms with Crippen LogP contribution in [0.5, 0.6) is 0 Å². The van der Waals surface area contributed by atoms with Crippen LogP contribution < -0.4 is 0 Å². The van der Waals surface area contributed by atoms with Gasteiger partial charge in [0.15, 0.2) is 0 Å². The number of hydrogen-bond acceptors (Lipinski definition) is 0.